The summed E-state index contributed by atoms with van der Waals surface area (Å²) in [7, 11) is -1.73. The van der Waals surface area contributed by atoms with Crippen molar-refractivity contribution in [3.8, 4) is 0 Å². The lowest BCUT2D eigenvalue weighted by atomic mass is 10.1. The number of hydrogen-bond donors (Lipinski definition) is 1. The average molecular weight is 298 g/mol. The van der Waals surface area contributed by atoms with Crippen LogP contribution in [0.4, 0.5) is 0 Å². The second-order valence-corrected chi connectivity index (χ2v) is 7.01. The van der Waals surface area contributed by atoms with Gasteiger partial charge in [-0.2, -0.15) is 0 Å². The number of benzene rings is 1. The van der Waals surface area contributed by atoms with E-state index in [0.29, 0.717) is 18.0 Å². The zero-order valence-corrected chi connectivity index (χ0v) is 13.8. The first-order valence-electron chi connectivity index (χ1n) is 7.20. The molecule has 0 unspecified atom stereocenters. The summed E-state index contributed by atoms with van der Waals surface area (Å²) in [6.45, 7) is 8.11. The van der Waals surface area contributed by atoms with Crippen LogP contribution in [0.25, 0.3) is 0 Å². The van der Waals surface area contributed by atoms with Gasteiger partial charge in [-0.05, 0) is 37.1 Å². The Hall–Kier alpha value is -0.910. The molecule has 1 N–H and O–H groups in total. The number of hydrogen-bond acceptors (Lipinski definition) is 3. The second kappa shape index (κ2) is 7.76. The largest absolute Gasteiger partial charge is 0.313 e. The lowest BCUT2D eigenvalue weighted by Gasteiger charge is -2.19. The van der Waals surface area contributed by atoms with E-state index in [1.807, 2.05) is 26.0 Å². The topological polar surface area (TPSA) is 49.4 Å². The van der Waals surface area contributed by atoms with Gasteiger partial charge in [0.2, 0.25) is 10.0 Å². The van der Waals surface area contributed by atoms with E-state index >= 15 is 0 Å². The van der Waals surface area contributed by atoms with E-state index in [9.17, 15) is 8.42 Å². The molecule has 114 valence electrons. The summed E-state index contributed by atoms with van der Waals surface area (Å²) >= 11 is 0. The molecule has 0 aliphatic heterocycles. The van der Waals surface area contributed by atoms with Crippen molar-refractivity contribution < 1.29 is 8.42 Å². The number of unbranched alkanes of at least 4 members (excludes halogenated alkanes) is 1. The summed E-state index contributed by atoms with van der Waals surface area (Å²) in [5, 5.41) is 3.24. The number of nitrogens with zero attached hydrogens (tertiary/aromatic N) is 1. The molecule has 0 atom stereocenters. The summed E-state index contributed by atoms with van der Waals surface area (Å²) in [4.78, 5) is 0.423. The molecule has 0 aliphatic carbocycles. The Kier molecular flexibility index (Phi) is 6.65. The Bertz CT molecular complexity index is 527. The highest BCUT2D eigenvalue weighted by Crippen LogP contribution is 2.22. The highest BCUT2D eigenvalue weighted by Gasteiger charge is 2.23. The first kappa shape index (κ1) is 17.1. The Morgan fingerprint density at radius 1 is 1.25 bits per heavy atom. The average Bonchev–Trinajstić information content (AvgIpc) is 2.43. The van der Waals surface area contributed by atoms with Gasteiger partial charge >= 0.3 is 0 Å². The van der Waals surface area contributed by atoms with Crippen molar-refractivity contribution in [2.24, 2.45) is 0 Å². The van der Waals surface area contributed by atoms with Gasteiger partial charge in [0.05, 0.1) is 4.90 Å². The van der Waals surface area contributed by atoms with Gasteiger partial charge in [0.15, 0.2) is 0 Å². The van der Waals surface area contributed by atoms with Crippen molar-refractivity contribution in [3.05, 3.63) is 29.3 Å². The molecule has 0 spiro atoms. The summed E-state index contributed by atoms with van der Waals surface area (Å²) in [5.74, 6) is 0. The molecule has 1 aromatic carbocycles. The first-order valence-corrected chi connectivity index (χ1v) is 8.64. The predicted molar refractivity (Wildman–Crippen MR) is 83.3 cm³/mol. The van der Waals surface area contributed by atoms with E-state index < -0.39 is 10.0 Å². The van der Waals surface area contributed by atoms with Crippen LogP contribution in [-0.4, -0.2) is 32.9 Å². The minimum Gasteiger partial charge on any atom is -0.313 e. The molecule has 0 amide bonds. The summed E-state index contributed by atoms with van der Waals surface area (Å²) < 4.78 is 26.6. The van der Waals surface area contributed by atoms with E-state index in [-0.39, 0.29) is 0 Å². The smallest absolute Gasteiger partial charge is 0.243 e. The summed E-state index contributed by atoms with van der Waals surface area (Å²) in [5.41, 5.74) is 1.88. The van der Waals surface area contributed by atoms with Gasteiger partial charge in [-0.25, -0.2) is 12.7 Å². The maximum absolute atomic E-state index is 12.6. The molecule has 1 aromatic rings. The molecule has 20 heavy (non-hydrogen) atoms. The van der Waals surface area contributed by atoms with Gasteiger partial charge < -0.3 is 5.32 Å². The molecule has 0 aromatic heterocycles. The molecule has 4 nitrogen and oxygen atoms in total. The summed E-state index contributed by atoms with van der Waals surface area (Å²) in [6, 6.07) is 5.49. The number of nitrogens with one attached hydrogen (secondary N) is 1. The van der Waals surface area contributed by atoms with Crippen LogP contribution in [0.3, 0.4) is 0 Å². The van der Waals surface area contributed by atoms with Crippen molar-refractivity contribution in [2.75, 3.05) is 20.1 Å². The van der Waals surface area contributed by atoms with Crippen LogP contribution in [0.15, 0.2) is 23.1 Å². The molecule has 0 saturated heterocycles. The van der Waals surface area contributed by atoms with E-state index in [1.54, 1.807) is 13.1 Å². The molecule has 1 rings (SSSR count). The number of rotatable bonds is 8. The normalized spacial score (nSPS) is 12.1. The standard InChI is InChI=1S/C15H26N2O2S/c1-5-7-11-17(4)20(18,19)15-10-8-9-14(13(15)3)12-16-6-2/h8-10,16H,5-7,11-12H2,1-4H3. The molecule has 0 saturated carbocycles. The zero-order valence-electron chi connectivity index (χ0n) is 12.9. The number of sulfonamides is 1. The van der Waals surface area contributed by atoms with Gasteiger partial charge in [-0.15, -0.1) is 0 Å². The second-order valence-electron chi connectivity index (χ2n) is 5.00. The van der Waals surface area contributed by atoms with Crippen LogP contribution >= 0.6 is 0 Å². The van der Waals surface area contributed by atoms with Gasteiger partial charge in [0, 0.05) is 20.1 Å². The van der Waals surface area contributed by atoms with Crippen LogP contribution in [-0.2, 0) is 16.6 Å². The Morgan fingerprint density at radius 3 is 2.55 bits per heavy atom. The molecule has 0 fully saturated rings. The molecule has 0 bridgehead atoms. The third kappa shape index (κ3) is 4.04. The van der Waals surface area contributed by atoms with Crippen molar-refractivity contribution in [1.29, 1.82) is 0 Å². The van der Waals surface area contributed by atoms with Crippen LogP contribution in [0, 0.1) is 6.92 Å². The van der Waals surface area contributed by atoms with Crippen LogP contribution in [0.5, 0.6) is 0 Å². The molecule has 0 heterocycles. The lowest BCUT2D eigenvalue weighted by molar-refractivity contribution is 0.459. The molecular formula is C15H26N2O2S. The Morgan fingerprint density at radius 2 is 1.95 bits per heavy atom. The fourth-order valence-corrected chi connectivity index (χ4v) is 3.53. The minimum atomic E-state index is -3.38. The van der Waals surface area contributed by atoms with Crippen molar-refractivity contribution in [3.63, 3.8) is 0 Å². The highest BCUT2D eigenvalue weighted by atomic mass is 32.2. The molecule has 5 heteroatoms. The Balaban J connectivity index is 3.06. The minimum absolute atomic E-state index is 0.423. The molecule has 0 aliphatic rings. The SMILES string of the molecule is CCCCN(C)S(=O)(=O)c1cccc(CNCC)c1C. The van der Waals surface area contributed by atoms with Gasteiger partial charge in [-0.3, -0.25) is 0 Å². The molecular weight excluding hydrogens is 272 g/mol. The first-order chi connectivity index (χ1) is 9.45. The van der Waals surface area contributed by atoms with Gasteiger partial charge in [0.1, 0.15) is 0 Å². The maximum Gasteiger partial charge on any atom is 0.243 e. The van der Waals surface area contributed by atoms with E-state index in [0.717, 1.165) is 30.5 Å². The predicted octanol–water partition coefficient (Wildman–Crippen LogP) is 2.53. The van der Waals surface area contributed by atoms with Gasteiger partial charge in [0.25, 0.3) is 0 Å². The van der Waals surface area contributed by atoms with Crippen LogP contribution < -0.4 is 5.32 Å². The zero-order chi connectivity index (χ0) is 15.2. The summed E-state index contributed by atoms with van der Waals surface area (Å²) in [6.07, 6.45) is 1.87. The van der Waals surface area contributed by atoms with Crippen LogP contribution in [0.1, 0.15) is 37.8 Å². The van der Waals surface area contributed by atoms with Crippen molar-refractivity contribution in [2.45, 2.75) is 45.1 Å². The van der Waals surface area contributed by atoms with Gasteiger partial charge in [-0.1, -0.05) is 32.4 Å². The van der Waals surface area contributed by atoms with E-state index in [2.05, 4.69) is 12.2 Å². The maximum atomic E-state index is 12.6. The van der Waals surface area contributed by atoms with E-state index in [4.69, 9.17) is 0 Å². The fourth-order valence-electron chi connectivity index (χ4n) is 2.06. The third-order valence-electron chi connectivity index (χ3n) is 3.48. The fraction of sp³-hybridized carbons (Fsp3) is 0.600. The Labute approximate surface area is 123 Å². The lowest BCUT2D eigenvalue weighted by Crippen LogP contribution is -2.28. The third-order valence-corrected chi connectivity index (χ3v) is 5.48. The molecule has 0 radical (unpaired) electrons. The van der Waals surface area contributed by atoms with E-state index in [1.165, 1.54) is 4.31 Å². The monoisotopic (exact) mass is 298 g/mol. The van der Waals surface area contributed by atoms with Crippen molar-refractivity contribution in [1.82, 2.24) is 9.62 Å². The highest BCUT2D eigenvalue weighted by molar-refractivity contribution is 7.89. The quantitative estimate of drug-likeness (QED) is 0.802. The van der Waals surface area contributed by atoms with Crippen molar-refractivity contribution >= 4 is 10.0 Å². The van der Waals surface area contributed by atoms with Crippen LogP contribution in [0.2, 0.25) is 0 Å².